The summed E-state index contributed by atoms with van der Waals surface area (Å²) in [4.78, 5) is 13.3. The molecule has 0 aromatic rings. The lowest BCUT2D eigenvalue weighted by atomic mass is 10.1. The quantitative estimate of drug-likeness (QED) is 0.647. The lowest BCUT2D eigenvalue weighted by molar-refractivity contribution is -0.119. The SMILES string of the molecule is O=C1CC(CN2CCC[C@@H]2CO)CN1. The van der Waals surface area contributed by atoms with E-state index in [4.69, 9.17) is 5.11 Å². The van der Waals surface area contributed by atoms with Crippen molar-refractivity contribution < 1.29 is 9.90 Å². The zero-order chi connectivity index (χ0) is 9.97. The maximum Gasteiger partial charge on any atom is 0.220 e. The number of aliphatic hydroxyl groups is 1. The molecule has 2 saturated heterocycles. The summed E-state index contributed by atoms with van der Waals surface area (Å²) in [6.45, 7) is 3.11. The number of rotatable bonds is 3. The van der Waals surface area contributed by atoms with Gasteiger partial charge in [0, 0.05) is 25.6 Å². The van der Waals surface area contributed by atoms with Gasteiger partial charge in [0.15, 0.2) is 0 Å². The van der Waals surface area contributed by atoms with E-state index in [9.17, 15) is 4.79 Å². The van der Waals surface area contributed by atoms with Gasteiger partial charge in [0.05, 0.1) is 6.61 Å². The van der Waals surface area contributed by atoms with E-state index < -0.39 is 0 Å². The second kappa shape index (κ2) is 4.28. The molecule has 2 atom stereocenters. The second-order valence-electron chi connectivity index (χ2n) is 4.35. The number of amides is 1. The molecule has 1 unspecified atom stereocenters. The van der Waals surface area contributed by atoms with Crippen molar-refractivity contribution in [1.29, 1.82) is 0 Å². The average molecular weight is 198 g/mol. The predicted octanol–water partition coefficient (Wildman–Crippen LogP) is -0.421. The minimum absolute atomic E-state index is 0.176. The molecule has 2 rings (SSSR count). The standard InChI is InChI=1S/C10H18N2O2/c13-7-9-2-1-3-12(9)6-8-4-10(14)11-5-8/h8-9,13H,1-7H2,(H,11,14)/t8?,9-/m1/s1. The molecule has 0 aromatic heterocycles. The van der Waals surface area contributed by atoms with E-state index in [1.807, 2.05) is 0 Å². The van der Waals surface area contributed by atoms with Crippen LogP contribution in [0.4, 0.5) is 0 Å². The van der Waals surface area contributed by atoms with E-state index in [1.165, 1.54) is 6.42 Å². The van der Waals surface area contributed by atoms with Crippen molar-refractivity contribution in [2.45, 2.75) is 25.3 Å². The summed E-state index contributed by atoms with van der Waals surface area (Å²) in [5, 5.41) is 12.0. The number of hydrogen-bond donors (Lipinski definition) is 2. The number of hydrogen-bond acceptors (Lipinski definition) is 3. The summed E-state index contributed by atoms with van der Waals surface area (Å²) >= 11 is 0. The van der Waals surface area contributed by atoms with E-state index in [1.54, 1.807) is 0 Å². The Kier molecular flexibility index (Phi) is 3.03. The van der Waals surface area contributed by atoms with Gasteiger partial charge in [0.1, 0.15) is 0 Å². The van der Waals surface area contributed by atoms with Crippen LogP contribution in [0.5, 0.6) is 0 Å². The van der Waals surface area contributed by atoms with E-state index >= 15 is 0 Å². The maximum atomic E-state index is 11.0. The average Bonchev–Trinajstić information content (AvgIpc) is 2.76. The number of carbonyl (C=O) groups is 1. The number of nitrogens with one attached hydrogen (secondary N) is 1. The van der Waals surface area contributed by atoms with Gasteiger partial charge in [-0.25, -0.2) is 0 Å². The smallest absolute Gasteiger partial charge is 0.220 e. The number of nitrogens with zero attached hydrogens (tertiary/aromatic N) is 1. The fraction of sp³-hybridized carbons (Fsp3) is 0.900. The van der Waals surface area contributed by atoms with Crippen LogP contribution in [0, 0.1) is 5.92 Å². The molecule has 4 heteroatoms. The monoisotopic (exact) mass is 198 g/mol. The highest BCUT2D eigenvalue weighted by molar-refractivity contribution is 5.78. The van der Waals surface area contributed by atoms with Gasteiger partial charge in [-0.2, -0.15) is 0 Å². The molecule has 1 amide bonds. The molecule has 2 aliphatic heterocycles. The van der Waals surface area contributed by atoms with Crippen LogP contribution < -0.4 is 5.32 Å². The number of aliphatic hydroxyl groups excluding tert-OH is 1. The van der Waals surface area contributed by atoms with Gasteiger partial charge in [-0.1, -0.05) is 0 Å². The Hall–Kier alpha value is -0.610. The molecule has 2 heterocycles. The van der Waals surface area contributed by atoms with Crippen LogP contribution in [0.25, 0.3) is 0 Å². The van der Waals surface area contributed by atoms with Gasteiger partial charge < -0.3 is 10.4 Å². The summed E-state index contributed by atoms with van der Waals surface area (Å²) < 4.78 is 0. The lowest BCUT2D eigenvalue weighted by Gasteiger charge is -2.24. The molecular weight excluding hydrogens is 180 g/mol. The maximum absolute atomic E-state index is 11.0. The zero-order valence-electron chi connectivity index (χ0n) is 8.41. The summed E-state index contributed by atoms with van der Waals surface area (Å²) in [6, 6.07) is 0.339. The van der Waals surface area contributed by atoms with Crippen molar-refractivity contribution in [1.82, 2.24) is 10.2 Å². The minimum atomic E-state index is 0.176. The molecule has 2 N–H and O–H groups in total. The van der Waals surface area contributed by atoms with Crippen molar-refractivity contribution in [3.63, 3.8) is 0 Å². The Morgan fingerprint density at radius 3 is 3.07 bits per heavy atom. The van der Waals surface area contributed by atoms with E-state index in [2.05, 4.69) is 10.2 Å². The van der Waals surface area contributed by atoms with Gasteiger partial charge in [-0.05, 0) is 25.3 Å². The molecule has 80 valence electrons. The topological polar surface area (TPSA) is 52.6 Å². The fourth-order valence-electron chi connectivity index (χ4n) is 2.47. The van der Waals surface area contributed by atoms with Gasteiger partial charge in [-0.3, -0.25) is 9.69 Å². The van der Waals surface area contributed by atoms with E-state index in [-0.39, 0.29) is 12.5 Å². The zero-order valence-corrected chi connectivity index (χ0v) is 8.41. The van der Waals surface area contributed by atoms with Crippen LogP contribution in [0.15, 0.2) is 0 Å². The summed E-state index contributed by atoms with van der Waals surface area (Å²) in [7, 11) is 0. The van der Waals surface area contributed by atoms with Crippen LogP contribution in [0.1, 0.15) is 19.3 Å². The normalized spacial score (nSPS) is 33.6. The first kappa shape index (κ1) is 9.93. The Morgan fingerprint density at radius 1 is 1.57 bits per heavy atom. The Morgan fingerprint density at radius 2 is 2.43 bits per heavy atom. The van der Waals surface area contributed by atoms with Gasteiger partial charge in [0.2, 0.25) is 5.91 Å². The van der Waals surface area contributed by atoms with Crippen LogP contribution in [0.3, 0.4) is 0 Å². The Bertz CT molecular complexity index is 220. The van der Waals surface area contributed by atoms with Crippen LogP contribution in [-0.2, 0) is 4.79 Å². The highest BCUT2D eigenvalue weighted by Crippen LogP contribution is 2.20. The minimum Gasteiger partial charge on any atom is -0.395 e. The molecule has 0 spiro atoms. The molecule has 14 heavy (non-hydrogen) atoms. The highest BCUT2D eigenvalue weighted by atomic mass is 16.3. The largest absolute Gasteiger partial charge is 0.395 e. The molecule has 0 radical (unpaired) electrons. The predicted molar refractivity (Wildman–Crippen MR) is 52.8 cm³/mol. The first-order valence-electron chi connectivity index (χ1n) is 5.41. The first-order chi connectivity index (χ1) is 6.79. The molecule has 0 aromatic carbocycles. The molecular formula is C10H18N2O2. The molecule has 0 bridgehead atoms. The van der Waals surface area contributed by atoms with E-state index in [0.29, 0.717) is 18.4 Å². The molecule has 0 saturated carbocycles. The molecule has 4 nitrogen and oxygen atoms in total. The van der Waals surface area contributed by atoms with Crippen molar-refractivity contribution in [3.05, 3.63) is 0 Å². The van der Waals surface area contributed by atoms with Crippen molar-refractivity contribution >= 4 is 5.91 Å². The van der Waals surface area contributed by atoms with Gasteiger partial charge >= 0.3 is 0 Å². The number of carbonyl (C=O) groups excluding carboxylic acids is 1. The first-order valence-corrected chi connectivity index (χ1v) is 5.41. The lowest BCUT2D eigenvalue weighted by Crippen LogP contribution is -2.36. The van der Waals surface area contributed by atoms with Gasteiger partial charge in [-0.15, -0.1) is 0 Å². The third kappa shape index (κ3) is 2.07. The van der Waals surface area contributed by atoms with Crippen LogP contribution in [-0.4, -0.2) is 48.2 Å². The van der Waals surface area contributed by atoms with Crippen molar-refractivity contribution in [2.75, 3.05) is 26.2 Å². The number of likely N-dealkylation sites (tertiary alicyclic amines) is 1. The Labute approximate surface area is 84.3 Å². The van der Waals surface area contributed by atoms with Gasteiger partial charge in [0.25, 0.3) is 0 Å². The molecule has 2 aliphatic rings. The highest BCUT2D eigenvalue weighted by Gasteiger charge is 2.29. The van der Waals surface area contributed by atoms with Crippen LogP contribution in [0.2, 0.25) is 0 Å². The van der Waals surface area contributed by atoms with Crippen molar-refractivity contribution in [3.8, 4) is 0 Å². The molecule has 2 fully saturated rings. The van der Waals surface area contributed by atoms with Crippen molar-refractivity contribution in [2.24, 2.45) is 5.92 Å². The Balaban J connectivity index is 1.81. The fourth-order valence-corrected chi connectivity index (χ4v) is 2.47. The summed E-state index contributed by atoms with van der Waals surface area (Å²) in [5.74, 6) is 0.629. The van der Waals surface area contributed by atoms with E-state index in [0.717, 1.165) is 26.1 Å². The summed E-state index contributed by atoms with van der Waals surface area (Å²) in [6.07, 6.45) is 2.94. The third-order valence-corrected chi connectivity index (χ3v) is 3.26. The molecule has 0 aliphatic carbocycles. The summed E-state index contributed by atoms with van der Waals surface area (Å²) in [5.41, 5.74) is 0. The van der Waals surface area contributed by atoms with Crippen LogP contribution >= 0.6 is 0 Å². The third-order valence-electron chi connectivity index (χ3n) is 3.26. The second-order valence-corrected chi connectivity index (χ2v) is 4.35.